The number of aryl methyl sites for hydroxylation is 1. The van der Waals surface area contributed by atoms with Gasteiger partial charge in [-0.15, -0.1) is 0 Å². The predicted molar refractivity (Wildman–Crippen MR) is 90.7 cm³/mol. The first-order chi connectivity index (χ1) is 12.8. The van der Waals surface area contributed by atoms with Crippen LogP contribution >= 0.6 is 0 Å². The van der Waals surface area contributed by atoms with Crippen LogP contribution in [0.3, 0.4) is 0 Å². The van der Waals surface area contributed by atoms with Crippen molar-refractivity contribution < 1.29 is 31.6 Å². The normalized spacial score (nSPS) is 12.1. The van der Waals surface area contributed by atoms with Crippen molar-refractivity contribution in [3.63, 3.8) is 0 Å². The van der Waals surface area contributed by atoms with E-state index in [2.05, 4.69) is 5.32 Å². The van der Waals surface area contributed by atoms with Crippen molar-refractivity contribution in [2.45, 2.75) is 26.8 Å². The fourth-order valence-corrected chi connectivity index (χ4v) is 2.78. The van der Waals surface area contributed by atoms with Gasteiger partial charge in [-0.2, -0.15) is 0 Å². The number of halogens is 5. The van der Waals surface area contributed by atoms with Crippen LogP contribution in [0.25, 0.3) is 0 Å². The van der Waals surface area contributed by atoms with Crippen LogP contribution in [-0.2, 0) is 11.3 Å². The van der Waals surface area contributed by atoms with E-state index in [-0.39, 0.29) is 6.54 Å². The smallest absolute Gasteiger partial charge is 0.279 e. The summed E-state index contributed by atoms with van der Waals surface area (Å²) in [6.07, 6.45) is 0.558. The Hall–Kier alpha value is -2.48. The Labute approximate surface area is 153 Å². The number of amides is 1. The second kappa shape index (κ2) is 8.94. The van der Waals surface area contributed by atoms with Gasteiger partial charge in [-0.05, 0) is 25.0 Å². The molecule has 0 aromatic heterocycles. The molecule has 1 unspecified atom stereocenters. The number of hydrogen-bond acceptors (Lipinski definition) is 1. The molecule has 0 aliphatic carbocycles. The number of anilines is 1. The van der Waals surface area contributed by atoms with Crippen LogP contribution in [0.2, 0.25) is 0 Å². The van der Waals surface area contributed by atoms with E-state index in [9.17, 15) is 26.7 Å². The van der Waals surface area contributed by atoms with Crippen LogP contribution < -0.4 is 10.2 Å². The van der Waals surface area contributed by atoms with Gasteiger partial charge in [-0.1, -0.05) is 25.1 Å². The van der Waals surface area contributed by atoms with Crippen LogP contribution in [0.4, 0.5) is 27.6 Å². The van der Waals surface area contributed by atoms with Gasteiger partial charge in [-0.25, -0.2) is 22.0 Å². The molecule has 2 rings (SSSR count). The van der Waals surface area contributed by atoms with Crippen LogP contribution in [-0.4, -0.2) is 19.0 Å². The number of nitrogens with one attached hydrogen (secondary N) is 2. The van der Waals surface area contributed by atoms with Gasteiger partial charge in [0, 0.05) is 5.69 Å². The van der Waals surface area contributed by atoms with Gasteiger partial charge >= 0.3 is 0 Å². The Balaban J connectivity index is 2.19. The first-order valence-corrected chi connectivity index (χ1v) is 8.45. The molecule has 0 saturated heterocycles. The van der Waals surface area contributed by atoms with E-state index in [1.54, 1.807) is 32.0 Å². The monoisotopic (exact) mass is 387 g/mol. The molecule has 0 bridgehead atoms. The lowest BCUT2D eigenvalue weighted by Crippen LogP contribution is -3.11. The van der Waals surface area contributed by atoms with Gasteiger partial charge in [0.1, 0.15) is 6.54 Å². The topological polar surface area (TPSA) is 33.5 Å². The molecule has 2 N–H and O–H groups in total. The molecular weight excluding hydrogens is 367 g/mol. The predicted octanol–water partition coefficient (Wildman–Crippen LogP) is 3.12. The molecule has 2 aromatic carbocycles. The molecule has 0 fully saturated rings. The SMILES string of the molecule is CCC[NH+](CC(=O)Nc1ccccc1C)Cc1c(F)c(F)c(F)c(F)c1F. The number of benzene rings is 2. The third-order valence-corrected chi connectivity index (χ3v) is 4.16. The molecule has 0 radical (unpaired) electrons. The molecule has 0 saturated carbocycles. The molecule has 0 aliphatic rings. The Bertz CT molecular complexity index is 812. The second-order valence-corrected chi connectivity index (χ2v) is 6.27. The minimum Gasteiger partial charge on any atom is -0.323 e. The number of rotatable bonds is 7. The largest absolute Gasteiger partial charge is 0.323 e. The van der Waals surface area contributed by atoms with E-state index in [0.29, 0.717) is 23.6 Å². The van der Waals surface area contributed by atoms with Gasteiger partial charge in [0.15, 0.2) is 29.8 Å². The molecule has 8 heteroatoms. The van der Waals surface area contributed by atoms with E-state index >= 15 is 0 Å². The van der Waals surface area contributed by atoms with Gasteiger partial charge < -0.3 is 10.2 Å². The lowest BCUT2D eigenvalue weighted by Gasteiger charge is -2.20. The van der Waals surface area contributed by atoms with E-state index in [0.717, 1.165) is 5.56 Å². The molecule has 0 heterocycles. The number of para-hydroxylation sites is 1. The number of hydrogen-bond donors (Lipinski definition) is 2. The van der Waals surface area contributed by atoms with E-state index in [4.69, 9.17) is 0 Å². The summed E-state index contributed by atoms with van der Waals surface area (Å²) in [5, 5.41) is 2.69. The highest BCUT2D eigenvalue weighted by atomic mass is 19.2. The van der Waals surface area contributed by atoms with Crippen LogP contribution in [0, 0.1) is 36.0 Å². The fourth-order valence-electron chi connectivity index (χ4n) is 2.78. The van der Waals surface area contributed by atoms with E-state index in [1.165, 1.54) is 0 Å². The summed E-state index contributed by atoms with van der Waals surface area (Å²) in [6.45, 7) is 3.24. The van der Waals surface area contributed by atoms with Gasteiger partial charge in [0.25, 0.3) is 5.91 Å². The molecule has 0 aliphatic heterocycles. The zero-order valence-corrected chi connectivity index (χ0v) is 14.9. The van der Waals surface area contributed by atoms with E-state index < -0.39 is 47.1 Å². The average Bonchev–Trinajstić information content (AvgIpc) is 2.64. The number of carbonyl (C=O) groups is 1. The third kappa shape index (κ3) is 4.82. The van der Waals surface area contributed by atoms with Crippen molar-refractivity contribution >= 4 is 11.6 Å². The van der Waals surface area contributed by atoms with Gasteiger partial charge in [-0.3, -0.25) is 4.79 Å². The minimum absolute atomic E-state index is 0.179. The van der Waals surface area contributed by atoms with Crippen molar-refractivity contribution in [2.75, 3.05) is 18.4 Å². The van der Waals surface area contributed by atoms with E-state index in [1.807, 2.05) is 6.07 Å². The average molecular weight is 387 g/mol. The lowest BCUT2D eigenvalue weighted by molar-refractivity contribution is -0.906. The highest BCUT2D eigenvalue weighted by molar-refractivity contribution is 5.92. The van der Waals surface area contributed by atoms with Crippen LogP contribution in [0.5, 0.6) is 0 Å². The van der Waals surface area contributed by atoms with Gasteiger partial charge in [0.2, 0.25) is 5.82 Å². The van der Waals surface area contributed by atoms with Gasteiger partial charge in [0.05, 0.1) is 12.1 Å². The number of carbonyl (C=O) groups excluding carboxylic acids is 1. The molecule has 3 nitrogen and oxygen atoms in total. The van der Waals surface area contributed by atoms with Crippen molar-refractivity contribution in [1.29, 1.82) is 0 Å². The van der Waals surface area contributed by atoms with Crippen LogP contribution in [0.15, 0.2) is 24.3 Å². The zero-order valence-electron chi connectivity index (χ0n) is 14.9. The molecule has 146 valence electrons. The maximum Gasteiger partial charge on any atom is 0.279 e. The third-order valence-electron chi connectivity index (χ3n) is 4.16. The summed E-state index contributed by atoms with van der Waals surface area (Å²) in [7, 11) is 0. The summed E-state index contributed by atoms with van der Waals surface area (Å²) in [5.74, 6) is -10.3. The summed E-state index contributed by atoms with van der Waals surface area (Å²) in [6, 6.07) is 7.06. The Kier molecular flexibility index (Phi) is 6.90. The first-order valence-electron chi connectivity index (χ1n) is 8.45. The summed E-state index contributed by atoms with van der Waals surface area (Å²) in [5.41, 5.74) is 0.510. The molecule has 1 amide bonds. The number of quaternary nitrogens is 1. The lowest BCUT2D eigenvalue weighted by atomic mass is 10.1. The Morgan fingerprint density at radius 2 is 1.52 bits per heavy atom. The summed E-state index contributed by atoms with van der Waals surface area (Å²) >= 11 is 0. The maximum atomic E-state index is 13.9. The summed E-state index contributed by atoms with van der Waals surface area (Å²) < 4.78 is 67.8. The van der Waals surface area contributed by atoms with Crippen molar-refractivity contribution in [1.82, 2.24) is 0 Å². The second-order valence-electron chi connectivity index (χ2n) is 6.27. The highest BCUT2D eigenvalue weighted by Crippen LogP contribution is 2.22. The Morgan fingerprint density at radius 1 is 0.963 bits per heavy atom. The minimum atomic E-state index is -2.19. The van der Waals surface area contributed by atoms with Crippen LogP contribution in [0.1, 0.15) is 24.5 Å². The fraction of sp³-hybridized carbons (Fsp3) is 0.316. The standard InChI is InChI=1S/C19H19F5N2O/c1-3-8-26(10-14(27)25-13-7-5-4-6-11(13)2)9-12-15(20)17(22)19(24)18(23)16(12)21/h4-7H,3,8-10H2,1-2H3,(H,25,27)/p+1. The van der Waals surface area contributed by atoms with Crippen molar-refractivity contribution in [2.24, 2.45) is 0 Å². The van der Waals surface area contributed by atoms with Crippen molar-refractivity contribution in [3.8, 4) is 0 Å². The molecule has 27 heavy (non-hydrogen) atoms. The molecule has 2 aromatic rings. The quantitative estimate of drug-likeness (QED) is 0.427. The molecule has 0 spiro atoms. The molecular formula is C19H20F5N2O+. The maximum absolute atomic E-state index is 13.9. The summed E-state index contributed by atoms with van der Waals surface area (Å²) in [4.78, 5) is 12.7. The molecule has 1 atom stereocenters. The highest BCUT2D eigenvalue weighted by Gasteiger charge is 2.28. The Morgan fingerprint density at radius 3 is 2.07 bits per heavy atom. The zero-order chi connectivity index (χ0) is 20.1. The first kappa shape index (κ1) is 20.8. The van der Waals surface area contributed by atoms with Crippen molar-refractivity contribution in [3.05, 3.63) is 64.5 Å².